The van der Waals surface area contributed by atoms with E-state index in [4.69, 9.17) is 14.2 Å². The molecule has 0 unspecified atom stereocenters. The predicted molar refractivity (Wildman–Crippen MR) is 108 cm³/mol. The van der Waals surface area contributed by atoms with Crippen molar-refractivity contribution in [2.75, 3.05) is 25.5 Å². The summed E-state index contributed by atoms with van der Waals surface area (Å²) in [5.74, 6) is -1.21. The Labute approximate surface area is 178 Å². The van der Waals surface area contributed by atoms with Crippen LogP contribution in [0.2, 0.25) is 0 Å². The molecule has 31 heavy (non-hydrogen) atoms. The molecule has 4 rings (SSSR count). The maximum absolute atomic E-state index is 10.9. The Hall–Kier alpha value is -2.73. The van der Waals surface area contributed by atoms with Crippen molar-refractivity contribution >= 4 is 11.6 Å². The van der Waals surface area contributed by atoms with Crippen molar-refractivity contribution in [1.82, 2.24) is 0 Å². The third-order valence-corrected chi connectivity index (χ3v) is 5.42. The van der Waals surface area contributed by atoms with Crippen LogP contribution in [-0.4, -0.2) is 76.3 Å². The Bertz CT molecular complexity index is 933. The first kappa shape index (κ1) is 21.5. The van der Waals surface area contributed by atoms with Crippen LogP contribution in [0.15, 0.2) is 53.6 Å². The molecule has 0 saturated carbocycles. The maximum atomic E-state index is 10.9. The van der Waals surface area contributed by atoms with Crippen LogP contribution in [0.25, 0.3) is 0 Å². The minimum atomic E-state index is -2.31. The van der Waals surface area contributed by atoms with Crippen LogP contribution in [0.3, 0.4) is 0 Å². The van der Waals surface area contributed by atoms with Gasteiger partial charge in [-0.2, -0.15) is 0 Å². The van der Waals surface area contributed by atoms with E-state index in [9.17, 15) is 25.5 Å². The number of ether oxygens (including phenoxy) is 3. The standard InChI is InChI=1S/C21H24N2O8/c1-29-15-8-6-14(7-9-15)23-11-30-20(22-23)12-2-4-13(5-3-12)21(28)19(27)18(26)17(25)16(10-24)31-21/h2-9,16-19,24-28H,10-11H2,1H3/t16-,17-,18-,19-,21-/m1/s1. The summed E-state index contributed by atoms with van der Waals surface area (Å²) in [6, 6.07) is 13.5. The van der Waals surface area contributed by atoms with E-state index in [0.717, 1.165) is 11.4 Å². The highest BCUT2D eigenvalue weighted by atomic mass is 16.7. The molecule has 1 fully saturated rings. The van der Waals surface area contributed by atoms with E-state index in [1.807, 2.05) is 24.3 Å². The lowest BCUT2D eigenvalue weighted by atomic mass is 9.88. The predicted octanol–water partition coefficient (Wildman–Crippen LogP) is -0.530. The average Bonchev–Trinajstić information content (AvgIpc) is 3.30. The molecule has 0 aromatic heterocycles. The van der Waals surface area contributed by atoms with Gasteiger partial charge in [-0.15, -0.1) is 5.10 Å². The molecule has 0 aliphatic carbocycles. The van der Waals surface area contributed by atoms with Crippen molar-refractivity contribution < 1.29 is 39.7 Å². The number of hydrogen-bond donors (Lipinski definition) is 5. The summed E-state index contributed by atoms with van der Waals surface area (Å²) in [6.45, 7) is -0.422. The largest absolute Gasteiger partial charge is 0.497 e. The van der Waals surface area contributed by atoms with Crippen LogP contribution in [0.5, 0.6) is 5.75 Å². The van der Waals surface area contributed by atoms with Crippen molar-refractivity contribution in [2.45, 2.75) is 30.2 Å². The van der Waals surface area contributed by atoms with Gasteiger partial charge < -0.3 is 39.7 Å². The SMILES string of the molecule is COc1ccc(N2COC(c3ccc([C@@]4(O)O[C@H](CO)[C@@H](O)[C@@H](O)[C@H]4O)cc3)=N2)cc1. The third-order valence-electron chi connectivity index (χ3n) is 5.42. The van der Waals surface area contributed by atoms with E-state index in [1.165, 1.54) is 12.1 Å². The Morgan fingerprint density at radius 1 is 1.06 bits per heavy atom. The fourth-order valence-corrected chi connectivity index (χ4v) is 3.56. The van der Waals surface area contributed by atoms with Crippen LogP contribution >= 0.6 is 0 Å². The van der Waals surface area contributed by atoms with E-state index in [2.05, 4.69) is 5.10 Å². The van der Waals surface area contributed by atoms with Gasteiger partial charge in [-0.05, 0) is 36.4 Å². The van der Waals surface area contributed by atoms with Crippen molar-refractivity contribution in [2.24, 2.45) is 5.10 Å². The van der Waals surface area contributed by atoms with Gasteiger partial charge >= 0.3 is 0 Å². The summed E-state index contributed by atoms with van der Waals surface area (Å²) >= 11 is 0. The molecular formula is C21H24N2O8. The van der Waals surface area contributed by atoms with E-state index in [-0.39, 0.29) is 12.3 Å². The second-order valence-electron chi connectivity index (χ2n) is 7.31. The number of aliphatic hydroxyl groups is 5. The molecule has 166 valence electrons. The van der Waals surface area contributed by atoms with Gasteiger partial charge in [0, 0.05) is 11.1 Å². The first-order valence-electron chi connectivity index (χ1n) is 9.66. The van der Waals surface area contributed by atoms with E-state index in [1.54, 1.807) is 24.3 Å². The molecule has 0 bridgehead atoms. The second kappa shape index (κ2) is 8.42. The quantitative estimate of drug-likeness (QED) is 0.421. The topological polar surface area (TPSA) is 144 Å². The van der Waals surface area contributed by atoms with Gasteiger partial charge in [-0.1, -0.05) is 12.1 Å². The molecule has 0 radical (unpaired) electrons. The van der Waals surface area contributed by atoms with E-state index >= 15 is 0 Å². The third kappa shape index (κ3) is 3.85. The first-order valence-corrected chi connectivity index (χ1v) is 9.66. The van der Waals surface area contributed by atoms with Gasteiger partial charge in [0.15, 0.2) is 6.73 Å². The number of hydrogen-bond acceptors (Lipinski definition) is 10. The molecule has 2 heterocycles. The zero-order valence-electron chi connectivity index (χ0n) is 16.7. The van der Waals surface area contributed by atoms with Crippen LogP contribution in [-0.2, 0) is 15.3 Å². The Kier molecular flexibility index (Phi) is 5.84. The lowest BCUT2D eigenvalue weighted by Crippen LogP contribution is -2.63. The van der Waals surface area contributed by atoms with Crippen molar-refractivity contribution in [3.63, 3.8) is 0 Å². The highest BCUT2D eigenvalue weighted by Crippen LogP contribution is 2.36. The molecule has 10 nitrogen and oxygen atoms in total. The van der Waals surface area contributed by atoms with Gasteiger partial charge in [0.25, 0.3) is 0 Å². The van der Waals surface area contributed by atoms with E-state index < -0.39 is 36.8 Å². The van der Waals surface area contributed by atoms with Crippen LogP contribution in [0, 0.1) is 0 Å². The van der Waals surface area contributed by atoms with Gasteiger partial charge in [0.2, 0.25) is 11.7 Å². The van der Waals surface area contributed by atoms with Crippen molar-refractivity contribution in [3.05, 3.63) is 59.7 Å². The summed E-state index contributed by atoms with van der Waals surface area (Å²) in [5, 5.41) is 56.5. The Morgan fingerprint density at radius 2 is 1.74 bits per heavy atom. The summed E-state index contributed by atoms with van der Waals surface area (Å²) in [6.07, 6.45) is -6.31. The Morgan fingerprint density at radius 3 is 2.35 bits per heavy atom. The fourth-order valence-electron chi connectivity index (χ4n) is 3.56. The number of benzene rings is 2. The lowest BCUT2D eigenvalue weighted by molar-refractivity contribution is -0.357. The summed E-state index contributed by atoms with van der Waals surface area (Å²) in [7, 11) is 1.59. The van der Waals surface area contributed by atoms with Crippen molar-refractivity contribution in [1.29, 1.82) is 0 Å². The molecule has 5 atom stereocenters. The van der Waals surface area contributed by atoms with Gasteiger partial charge in [-0.3, -0.25) is 0 Å². The highest BCUT2D eigenvalue weighted by molar-refractivity contribution is 5.95. The number of methoxy groups -OCH3 is 1. The second-order valence-corrected chi connectivity index (χ2v) is 7.31. The molecular weight excluding hydrogens is 408 g/mol. The molecule has 2 aromatic carbocycles. The molecule has 2 aliphatic heterocycles. The highest BCUT2D eigenvalue weighted by Gasteiger charge is 2.53. The summed E-state index contributed by atoms with van der Waals surface area (Å²) in [4.78, 5) is 0. The monoisotopic (exact) mass is 432 g/mol. The number of nitrogens with zero attached hydrogens (tertiary/aromatic N) is 2. The van der Waals surface area contributed by atoms with Gasteiger partial charge in [-0.25, -0.2) is 5.01 Å². The van der Waals surface area contributed by atoms with Gasteiger partial charge in [0.1, 0.15) is 30.2 Å². The zero-order valence-corrected chi connectivity index (χ0v) is 16.7. The number of rotatable bonds is 5. The molecule has 5 N–H and O–H groups in total. The zero-order chi connectivity index (χ0) is 22.2. The number of aliphatic hydroxyl groups excluding tert-OH is 4. The van der Waals surface area contributed by atoms with Crippen LogP contribution in [0.4, 0.5) is 5.69 Å². The molecule has 1 saturated heterocycles. The van der Waals surface area contributed by atoms with Crippen molar-refractivity contribution in [3.8, 4) is 5.75 Å². The molecule has 2 aliphatic rings. The molecule has 10 heteroatoms. The normalized spacial score (nSPS) is 30.6. The Balaban J connectivity index is 1.54. The lowest BCUT2D eigenvalue weighted by Gasteiger charge is -2.45. The molecule has 2 aromatic rings. The first-order chi connectivity index (χ1) is 14.9. The maximum Gasteiger partial charge on any atom is 0.240 e. The number of hydrazone groups is 1. The molecule has 0 spiro atoms. The fraction of sp³-hybridized carbons (Fsp3) is 0.381. The number of anilines is 1. The minimum Gasteiger partial charge on any atom is -0.497 e. The minimum absolute atomic E-state index is 0.138. The summed E-state index contributed by atoms with van der Waals surface area (Å²) < 4.78 is 16.1. The van der Waals surface area contributed by atoms with Gasteiger partial charge in [0.05, 0.1) is 19.4 Å². The van der Waals surface area contributed by atoms with Crippen LogP contribution in [0.1, 0.15) is 11.1 Å². The van der Waals surface area contributed by atoms with E-state index in [0.29, 0.717) is 11.5 Å². The molecule has 0 amide bonds. The smallest absolute Gasteiger partial charge is 0.240 e. The summed E-state index contributed by atoms with van der Waals surface area (Å²) in [5.41, 5.74) is 1.58. The van der Waals surface area contributed by atoms with Crippen LogP contribution < -0.4 is 9.75 Å². The average molecular weight is 432 g/mol.